The Morgan fingerprint density at radius 2 is 2.07 bits per heavy atom. The lowest BCUT2D eigenvalue weighted by Crippen LogP contribution is -2.30. The molecule has 76 valence electrons. The van der Waals surface area contributed by atoms with Crippen molar-refractivity contribution in [2.75, 3.05) is 6.54 Å². The molecule has 1 aromatic carbocycles. The van der Waals surface area contributed by atoms with Crippen LogP contribution >= 0.6 is 0 Å². The van der Waals surface area contributed by atoms with Gasteiger partial charge in [-0.05, 0) is 5.56 Å². The van der Waals surface area contributed by atoms with Gasteiger partial charge >= 0.3 is 0 Å². The first-order chi connectivity index (χ1) is 6.70. The molecule has 4 heteroatoms. The minimum Gasteiger partial charge on any atom is -0.306 e. The lowest BCUT2D eigenvalue weighted by Gasteiger charge is -2.05. The summed E-state index contributed by atoms with van der Waals surface area (Å²) < 4.78 is 0. The summed E-state index contributed by atoms with van der Waals surface area (Å²) in [5.74, 6) is 0. The third kappa shape index (κ3) is 3.53. The van der Waals surface area contributed by atoms with Crippen molar-refractivity contribution in [2.24, 2.45) is 0 Å². The second-order valence-electron chi connectivity index (χ2n) is 3.25. The molecule has 1 rings (SSSR count). The first-order valence-electron chi connectivity index (χ1n) is 4.58. The van der Waals surface area contributed by atoms with Crippen LogP contribution in [0.1, 0.15) is 12.5 Å². The molecule has 0 aliphatic carbocycles. The van der Waals surface area contributed by atoms with Crippen molar-refractivity contribution in [1.29, 1.82) is 0 Å². The highest BCUT2D eigenvalue weighted by Gasteiger charge is 2.10. The topological polar surface area (TPSA) is 55.2 Å². The van der Waals surface area contributed by atoms with Crippen LogP contribution in [0.4, 0.5) is 0 Å². The number of nitrogens with zero attached hydrogens (tertiary/aromatic N) is 1. The summed E-state index contributed by atoms with van der Waals surface area (Å²) in [5, 5.41) is 13.3. The third-order valence-corrected chi connectivity index (χ3v) is 1.97. The van der Waals surface area contributed by atoms with Crippen molar-refractivity contribution in [1.82, 2.24) is 5.32 Å². The van der Waals surface area contributed by atoms with Crippen molar-refractivity contribution in [3.05, 3.63) is 46.0 Å². The van der Waals surface area contributed by atoms with Gasteiger partial charge in [0.1, 0.15) is 0 Å². The summed E-state index contributed by atoms with van der Waals surface area (Å²) >= 11 is 0. The second kappa shape index (κ2) is 5.34. The van der Waals surface area contributed by atoms with Crippen molar-refractivity contribution in [2.45, 2.75) is 19.5 Å². The molecular formula is C10H14N2O2. The van der Waals surface area contributed by atoms with Crippen molar-refractivity contribution < 1.29 is 4.92 Å². The van der Waals surface area contributed by atoms with Gasteiger partial charge in [0.15, 0.2) is 0 Å². The van der Waals surface area contributed by atoms with Gasteiger partial charge in [-0.3, -0.25) is 10.1 Å². The smallest absolute Gasteiger partial charge is 0.222 e. The van der Waals surface area contributed by atoms with E-state index in [2.05, 4.69) is 5.32 Å². The van der Waals surface area contributed by atoms with E-state index < -0.39 is 6.04 Å². The Hall–Kier alpha value is -1.42. The number of nitrogens with one attached hydrogen (secondary N) is 1. The molecule has 4 nitrogen and oxygen atoms in total. The summed E-state index contributed by atoms with van der Waals surface area (Å²) in [6.45, 7) is 2.68. The van der Waals surface area contributed by atoms with Gasteiger partial charge in [-0.1, -0.05) is 30.3 Å². The predicted octanol–water partition coefficient (Wildman–Crippen LogP) is 1.44. The molecule has 1 atom stereocenters. The maximum absolute atomic E-state index is 10.3. The van der Waals surface area contributed by atoms with E-state index in [1.165, 1.54) is 0 Å². The molecule has 0 aliphatic heterocycles. The van der Waals surface area contributed by atoms with Gasteiger partial charge in [-0.15, -0.1) is 0 Å². The second-order valence-corrected chi connectivity index (χ2v) is 3.25. The van der Waals surface area contributed by atoms with Gasteiger partial charge in [0, 0.05) is 18.4 Å². The maximum Gasteiger partial charge on any atom is 0.222 e. The molecule has 1 aromatic rings. The van der Waals surface area contributed by atoms with Crippen LogP contribution < -0.4 is 5.32 Å². The van der Waals surface area contributed by atoms with Crippen LogP contribution in [-0.4, -0.2) is 17.5 Å². The Bertz CT molecular complexity index is 287. The minimum absolute atomic E-state index is 0.280. The van der Waals surface area contributed by atoms with Crippen LogP contribution in [0.2, 0.25) is 0 Å². The number of nitro groups is 1. The average molecular weight is 194 g/mol. The molecule has 0 aromatic heterocycles. The molecule has 0 saturated carbocycles. The number of hydrogen-bond acceptors (Lipinski definition) is 3. The van der Waals surface area contributed by atoms with Crippen LogP contribution in [0.3, 0.4) is 0 Å². The fourth-order valence-electron chi connectivity index (χ4n) is 1.10. The molecule has 1 unspecified atom stereocenters. The number of hydrogen-bond donors (Lipinski definition) is 1. The molecule has 0 amide bonds. The van der Waals surface area contributed by atoms with Crippen LogP contribution in [0.5, 0.6) is 0 Å². The molecule has 1 N–H and O–H groups in total. The Balaban J connectivity index is 2.26. The summed E-state index contributed by atoms with van der Waals surface area (Å²) in [6, 6.07) is 9.30. The van der Waals surface area contributed by atoms with E-state index >= 15 is 0 Å². The van der Waals surface area contributed by atoms with Crippen molar-refractivity contribution in [3.8, 4) is 0 Å². The third-order valence-electron chi connectivity index (χ3n) is 1.97. The fourth-order valence-corrected chi connectivity index (χ4v) is 1.10. The summed E-state index contributed by atoms with van der Waals surface area (Å²) in [5.41, 5.74) is 1.14. The Kier molecular flexibility index (Phi) is 4.07. The SMILES string of the molecule is CC(CNCc1ccccc1)[N+](=O)[O-]. The monoisotopic (exact) mass is 194 g/mol. The van der Waals surface area contributed by atoms with Gasteiger partial charge in [-0.25, -0.2) is 0 Å². The minimum atomic E-state index is -0.529. The predicted molar refractivity (Wildman–Crippen MR) is 54.6 cm³/mol. The zero-order valence-electron chi connectivity index (χ0n) is 8.14. The lowest BCUT2D eigenvalue weighted by atomic mass is 10.2. The first kappa shape index (κ1) is 10.7. The maximum atomic E-state index is 10.3. The molecule has 0 aliphatic rings. The molecule has 0 bridgehead atoms. The largest absolute Gasteiger partial charge is 0.306 e. The normalized spacial score (nSPS) is 12.4. The molecule has 0 heterocycles. The fraction of sp³-hybridized carbons (Fsp3) is 0.400. The molecular weight excluding hydrogens is 180 g/mol. The zero-order valence-corrected chi connectivity index (χ0v) is 8.14. The summed E-state index contributed by atoms with van der Waals surface area (Å²) in [4.78, 5) is 10.0. The van der Waals surface area contributed by atoms with Crippen molar-refractivity contribution in [3.63, 3.8) is 0 Å². The Morgan fingerprint density at radius 1 is 1.43 bits per heavy atom. The van der Waals surface area contributed by atoms with Gasteiger partial charge in [0.2, 0.25) is 6.04 Å². The van der Waals surface area contributed by atoms with Gasteiger partial charge < -0.3 is 5.32 Å². The summed E-state index contributed by atoms with van der Waals surface area (Å²) in [7, 11) is 0. The van der Waals surface area contributed by atoms with Gasteiger partial charge in [0.25, 0.3) is 0 Å². The van der Waals surface area contributed by atoms with E-state index in [0.717, 1.165) is 5.56 Å². The highest BCUT2D eigenvalue weighted by molar-refractivity contribution is 5.14. The zero-order chi connectivity index (χ0) is 10.4. The number of benzene rings is 1. The molecule has 0 fully saturated rings. The molecule has 0 saturated heterocycles. The van der Waals surface area contributed by atoms with E-state index in [1.54, 1.807) is 6.92 Å². The Labute approximate surface area is 83.1 Å². The van der Waals surface area contributed by atoms with Gasteiger partial charge in [0.05, 0.1) is 6.54 Å². The van der Waals surface area contributed by atoms with E-state index in [-0.39, 0.29) is 4.92 Å². The van der Waals surface area contributed by atoms with Crippen LogP contribution in [-0.2, 0) is 6.54 Å². The van der Waals surface area contributed by atoms with Crippen LogP contribution in [0.25, 0.3) is 0 Å². The van der Waals surface area contributed by atoms with Crippen molar-refractivity contribution >= 4 is 0 Å². The quantitative estimate of drug-likeness (QED) is 0.570. The standard InChI is InChI=1S/C10H14N2O2/c1-9(12(13)14)7-11-8-10-5-3-2-4-6-10/h2-6,9,11H,7-8H2,1H3. The lowest BCUT2D eigenvalue weighted by molar-refractivity contribution is -0.515. The Morgan fingerprint density at radius 3 is 2.64 bits per heavy atom. The highest BCUT2D eigenvalue weighted by atomic mass is 16.6. The molecule has 14 heavy (non-hydrogen) atoms. The first-order valence-corrected chi connectivity index (χ1v) is 4.58. The summed E-state index contributed by atoms with van der Waals surface area (Å²) in [6.07, 6.45) is 0. The van der Waals surface area contributed by atoms with E-state index in [0.29, 0.717) is 13.1 Å². The highest BCUT2D eigenvalue weighted by Crippen LogP contribution is 1.97. The average Bonchev–Trinajstić information content (AvgIpc) is 2.19. The van der Waals surface area contributed by atoms with Crippen LogP contribution in [0.15, 0.2) is 30.3 Å². The van der Waals surface area contributed by atoms with E-state index in [9.17, 15) is 10.1 Å². The van der Waals surface area contributed by atoms with Gasteiger partial charge in [-0.2, -0.15) is 0 Å². The molecule has 0 spiro atoms. The van der Waals surface area contributed by atoms with E-state index in [4.69, 9.17) is 0 Å². The van der Waals surface area contributed by atoms with Crippen LogP contribution in [0, 0.1) is 10.1 Å². The molecule has 0 radical (unpaired) electrons. The number of rotatable bonds is 5. The van der Waals surface area contributed by atoms with E-state index in [1.807, 2.05) is 30.3 Å².